The van der Waals surface area contributed by atoms with Crippen LogP contribution in [0, 0.1) is 11.3 Å². The molecule has 2 aromatic rings. The van der Waals surface area contributed by atoms with Gasteiger partial charge in [0, 0.05) is 10.4 Å². The van der Waals surface area contributed by atoms with E-state index in [0.29, 0.717) is 40.2 Å². The first-order valence-electron chi connectivity index (χ1n) is 11.6. The van der Waals surface area contributed by atoms with Gasteiger partial charge in [0.15, 0.2) is 18.1 Å². The quantitative estimate of drug-likeness (QED) is 0.381. The van der Waals surface area contributed by atoms with E-state index in [2.05, 4.69) is 26.1 Å². The maximum atomic E-state index is 12.8. The van der Waals surface area contributed by atoms with E-state index in [1.165, 1.54) is 11.3 Å². The second kappa shape index (κ2) is 11.0. The molecule has 8 heteroatoms. The third kappa shape index (κ3) is 5.97. The van der Waals surface area contributed by atoms with Crippen LogP contribution in [0.3, 0.4) is 0 Å². The maximum absolute atomic E-state index is 12.8. The molecule has 1 aliphatic carbocycles. The summed E-state index contributed by atoms with van der Waals surface area (Å²) >= 11 is 1.45. The van der Waals surface area contributed by atoms with E-state index in [4.69, 9.17) is 14.2 Å². The summed E-state index contributed by atoms with van der Waals surface area (Å²) in [5.74, 6) is 0.470. The zero-order chi connectivity index (χ0) is 24.9. The fourth-order valence-electron chi connectivity index (χ4n) is 4.12. The molecular formula is C26H33NO6S. The second-order valence-corrected chi connectivity index (χ2v) is 10.4. The molecule has 184 valence electrons. The molecule has 3 rings (SSSR count). The Morgan fingerprint density at radius 1 is 1.15 bits per heavy atom. The van der Waals surface area contributed by atoms with E-state index >= 15 is 0 Å². The van der Waals surface area contributed by atoms with Gasteiger partial charge in [-0.25, -0.2) is 4.79 Å². The first-order chi connectivity index (χ1) is 16.2. The van der Waals surface area contributed by atoms with Gasteiger partial charge in [-0.05, 0) is 68.2 Å². The number of esters is 1. The van der Waals surface area contributed by atoms with Gasteiger partial charge in [-0.2, -0.15) is 0 Å². The van der Waals surface area contributed by atoms with Crippen LogP contribution in [0.1, 0.15) is 72.2 Å². The number of amides is 1. The van der Waals surface area contributed by atoms with Crippen molar-refractivity contribution in [2.24, 2.45) is 11.3 Å². The van der Waals surface area contributed by atoms with Gasteiger partial charge in [0.2, 0.25) is 0 Å². The zero-order valence-corrected chi connectivity index (χ0v) is 21.3. The highest BCUT2D eigenvalue weighted by Gasteiger charge is 2.34. The number of hydrogen-bond donors (Lipinski definition) is 1. The van der Waals surface area contributed by atoms with Gasteiger partial charge in [0.1, 0.15) is 11.3 Å². The Morgan fingerprint density at radius 2 is 1.91 bits per heavy atom. The molecule has 1 heterocycles. The van der Waals surface area contributed by atoms with E-state index in [9.17, 15) is 14.4 Å². The molecular weight excluding hydrogens is 454 g/mol. The van der Waals surface area contributed by atoms with Crippen LogP contribution in [0.2, 0.25) is 0 Å². The van der Waals surface area contributed by atoms with Gasteiger partial charge < -0.3 is 19.5 Å². The van der Waals surface area contributed by atoms with Crippen LogP contribution in [0.15, 0.2) is 18.2 Å². The molecule has 0 unspecified atom stereocenters. The normalized spacial score (nSPS) is 15.3. The summed E-state index contributed by atoms with van der Waals surface area (Å²) in [6, 6.07) is 4.77. The molecule has 0 radical (unpaired) electrons. The fourth-order valence-corrected chi connectivity index (χ4v) is 5.46. The van der Waals surface area contributed by atoms with Crippen LogP contribution in [-0.4, -0.2) is 38.0 Å². The van der Waals surface area contributed by atoms with Crippen molar-refractivity contribution in [3.8, 4) is 11.5 Å². The lowest BCUT2D eigenvalue weighted by atomic mass is 9.72. The van der Waals surface area contributed by atoms with Crippen LogP contribution < -0.4 is 14.8 Å². The van der Waals surface area contributed by atoms with Crippen molar-refractivity contribution in [1.82, 2.24) is 0 Å². The highest BCUT2D eigenvalue weighted by Crippen LogP contribution is 2.44. The lowest BCUT2D eigenvalue weighted by Crippen LogP contribution is -2.26. The fraction of sp³-hybridized carbons (Fsp3) is 0.500. The van der Waals surface area contributed by atoms with Crippen LogP contribution >= 0.6 is 11.3 Å². The van der Waals surface area contributed by atoms with Crippen molar-refractivity contribution in [2.75, 3.05) is 25.1 Å². The van der Waals surface area contributed by atoms with Crippen LogP contribution in [0.4, 0.5) is 5.00 Å². The number of aldehydes is 1. The smallest absolute Gasteiger partial charge is 0.341 e. The van der Waals surface area contributed by atoms with Gasteiger partial charge in [-0.3, -0.25) is 9.59 Å². The van der Waals surface area contributed by atoms with Crippen molar-refractivity contribution >= 4 is 34.5 Å². The summed E-state index contributed by atoms with van der Waals surface area (Å²) in [7, 11) is 0. The number of fused-ring (bicyclic) bond motifs is 1. The number of nitrogens with one attached hydrogen (secondary N) is 1. The predicted molar refractivity (Wildman–Crippen MR) is 132 cm³/mol. The van der Waals surface area contributed by atoms with E-state index in [1.807, 2.05) is 6.92 Å². The number of rotatable bonds is 9. The minimum absolute atomic E-state index is 0.167. The Hall–Kier alpha value is -2.87. The van der Waals surface area contributed by atoms with Gasteiger partial charge in [0.05, 0.1) is 18.8 Å². The monoisotopic (exact) mass is 487 g/mol. The average Bonchev–Trinajstić information content (AvgIpc) is 3.15. The minimum atomic E-state index is -0.409. The molecule has 1 atom stereocenters. The standard InChI is InChI=1S/C26H33NO6S/c1-6-31-20-12-16(14-28)8-11-19(20)33-15-22(29)27-24-23(25(30)32-7-2)18-10-9-17(26(3,4)5)13-21(18)34-24/h8,11-12,14,17H,6-7,9-10,13,15H2,1-5H3,(H,27,29)/t17-/m0/s1. The molecule has 0 bridgehead atoms. The third-order valence-corrected chi connectivity index (χ3v) is 7.15. The molecule has 1 amide bonds. The molecule has 1 aliphatic rings. The molecule has 0 spiro atoms. The summed E-state index contributed by atoms with van der Waals surface area (Å²) in [5.41, 5.74) is 2.08. The molecule has 1 aromatic heterocycles. The molecule has 0 fully saturated rings. The van der Waals surface area contributed by atoms with Gasteiger partial charge in [-0.15, -0.1) is 11.3 Å². The summed E-state index contributed by atoms with van der Waals surface area (Å²) < 4.78 is 16.5. The number of thiophene rings is 1. The van der Waals surface area contributed by atoms with Gasteiger partial charge in [0.25, 0.3) is 5.91 Å². The molecule has 1 N–H and O–H groups in total. The molecule has 0 saturated heterocycles. The molecule has 7 nitrogen and oxygen atoms in total. The largest absolute Gasteiger partial charge is 0.490 e. The molecule has 34 heavy (non-hydrogen) atoms. The predicted octanol–water partition coefficient (Wildman–Crippen LogP) is 5.30. The van der Waals surface area contributed by atoms with Crippen LogP contribution in [0.5, 0.6) is 11.5 Å². The Morgan fingerprint density at radius 3 is 2.56 bits per heavy atom. The lowest BCUT2D eigenvalue weighted by Gasteiger charge is -2.33. The van der Waals surface area contributed by atoms with Crippen molar-refractivity contribution < 1.29 is 28.6 Å². The maximum Gasteiger partial charge on any atom is 0.341 e. The number of carbonyl (C=O) groups excluding carboxylic acids is 3. The number of ether oxygens (including phenoxy) is 3. The third-order valence-electron chi connectivity index (χ3n) is 5.98. The van der Waals surface area contributed by atoms with Crippen molar-refractivity contribution in [2.45, 2.75) is 53.9 Å². The number of hydrogen-bond acceptors (Lipinski definition) is 7. The summed E-state index contributed by atoms with van der Waals surface area (Å²) in [5, 5.41) is 3.37. The van der Waals surface area contributed by atoms with E-state index < -0.39 is 11.9 Å². The second-order valence-electron chi connectivity index (χ2n) is 9.33. The van der Waals surface area contributed by atoms with Crippen molar-refractivity contribution in [3.63, 3.8) is 0 Å². The topological polar surface area (TPSA) is 90.9 Å². The Balaban J connectivity index is 1.78. The minimum Gasteiger partial charge on any atom is -0.490 e. The SMILES string of the molecule is CCOC(=O)c1c(NC(=O)COc2ccc(C=O)cc2OCC)sc2c1CC[C@H](C(C)(C)C)C2. The molecule has 0 aliphatic heterocycles. The summed E-state index contributed by atoms with van der Waals surface area (Å²) in [4.78, 5) is 37.7. The van der Waals surface area contributed by atoms with E-state index in [1.54, 1.807) is 25.1 Å². The van der Waals surface area contributed by atoms with Crippen LogP contribution in [0.25, 0.3) is 0 Å². The first-order valence-corrected chi connectivity index (χ1v) is 12.5. The van der Waals surface area contributed by atoms with Crippen molar-refractivity contribution in [3.05, 3.63) is 39.8 Å². The van der Waals surface area contributed by atoms with Gasteiger partial charge in [-0.1, -0.05) is 20.8 Å². The number of carbonyl (C=O) groups is 3. The van der Waals surface area contributed by atoms with E-state index in [-0.39, 0.29) is 18.6 Å². The highest BCUT2D eigenvalue weighted by atomic mass is 32.1. The van der Waals surface area contributed by atoms with E-state index in [0.717, 1.165) is 36.0 Å². The first kappa shape index (κ1) is 25.7. The number of anilines is 1. The summed E-state index contributed by atoms with van der Waals surface area (Å²) in [6.45, 7) is 10.7. The Labute approximate surface area is 204 Å². The molecule has 1 aromatic carbocycles. The Kier molecular flexibility index (Phi) is 8.36. The number of benzene rings is 1. The van der Waals surface area contributed by atoms with Gasteiger partial charge >= 0.3 is 5.97 Å². The highest BCUT2D eigenvalue weighted by molar-refractivity contribution is 7.17. The summed E-state index contributed by atoms with van der Waals surface area (Å²) in [6.07, 6.45) is 3.38. The molecule has 0 saturated carbocycles. The zero-order valence-electron chi connectivity index (χ0n) is 20.5. The lowest BCUT2D eigenvalue weighted by molar-refractivity contribution is -0.118. The average molecular weight is 488 g/mol. The van der Waals surface area contributed by atoms with Crippen molar-refractivity contribution in [1.29, 1.82) is 0 Å². The van der Waals surface area contributed by atoms with Crippen LogP contribution in [-0.2, 0) is 22.4 Å². The Bertz CT molecular complexity index is 1050.